The minimum atomic E-state index is -0.264. The first kappa shape index (κ1) is 16.6. The van der Waals surface area contributed by atoms with E-state index < -0.39 is 0 Å². The number of hydrogen-bond donors (Lipinski definition) is 2. The van der Waals surface area contributed by atoms with Crippen LogP contribution in [0.1, 0.15) is 43.0 Å². The van der Waals surface area contributed by atoms with Gasteiger partial charge in [-0.2, -0.15) is 0 Å². The predicted molar refractivity (Wildman–Crippen MR) is 101 cm³/mol. The van der Waals surface area contributed by atoms with Crippen LogP contribution < -0.4 is 10.6 Å². The summed E-state index contributed by atoms with van der Waals surface area (Å²) >= 11 is 0. The van der Waals surface area contributed by atoms with Crippen LogP contribution in [0.25, 0.3) is 0 Å². The fraction of sp³-hybridized carbons (Fsp3) is 0.667. The Kier molecular flexibility index (Phi) is 3.80. The summed E-state index contributed by atoms with van der Waals surface area (Å²) in [5, 5.41) is 7.14. The molecule has 1 aromatic rings. The summed E-state index contributed by atoms with van der Waals surface area (Å²) in [6.07, 6.45) is 4.70. The van der Waals surface area contributed by atoms with E-state index in [0.29, 0.717) is 11.8 Å². The average Bonchev–Trinajstić information content (AvgIpc) is 2.64. The fourth-order valence-electron chi connectivity index (χ4n) is 5.93. The van der Waals surface area contributed by atoms with Crippen molar-refractivity contribution in [2.24, 2.45) is 17.3 Å². The SMILES string of the molecule is C[C@@]12CC[C@@H](C[C@H]1CN1CCOCC1)[C@@]1(C2)NC(=O)c2ccccc2N1. The number of para-hydroxylation sites is 1. The van der Waals surface area contributed by atoms with E-state index in [-0.39, 0.29) is 17.0 Å². The Morgan fingerprint density at radius 2 is 2.04 bits per heavy atom. The highest BCUT2D eigenvalue weighted by Gasteiger charge is 2.58. The predicted octanol–water partition coefficient (Wildman–Crippen LogP) is 2.70. The van der Waals surface area contributed by atoms with E-state index in [2.05, 4.69) is 22.5 Å². The maximum atomic E-state index is 12.8. The Morgan fingerprint density at radius 3 is 2.85 bits per heavy atom. The second-order valence-electron chi connectivity index (χ2n) is 9.01. The molecule has 5 aliphatic rings. The van der Waals surface area contributed by atoms with Crippen LogP contribution in [0.3, 0.4) is 0 Å². The molecule has 2 heterocycles. The minimum Gasteiger partial charge on any atom is -0.379 e. The first-order chi connectivity index (χ1) is 12.6. The molecule has 4 atom stereocenters. The summed E-state index contributed by atoms with van der Waals surface area (Å²) in [6, 6.07) is 7.91. The summed E-state index contributed by atoms with van der Waals surface area (Å²) in [5.41, 5.74) is 1.78. The van der Waals surface area contributed by atoms with Crippen LogP contribution in [-0.4, -0.2) is 49.3 Å². The van der Waals surface area contributed by atoms with E-state index in [1.807, 2.05) is 24.3 Å². The maximum absolute atomic E-state index is 12.8. The van der Waals surface area contributed by atoms with E-state index in [0.717, 1.165) is 44.0 Å². The van der Waals surface area contributed by atoms with Crippen LogP contribution >= 0.6 is 0 Å². The van der Waals surface area contributed by atoms with Crippen LogP contribution in [0.4, 0.5) is 5.69 Å². The third-order valence-corrected chi connectivity index (χ3v) is 7.45. The summed E-state index contributed by atoms with van der Waals surface area (Å²) < 4.78 is 5.51. The lowest BCUT2D eigenvalue weighted by atomic mass is 9.51. The van der Waals surface area contributed by atoms with Gasteiger partial charge in [-0.1, -0.05) is 19.1 Å². The molecular formula is C21H29N3O2. The van der Waals surface area contributed by atoms with Crippen LogP contribution in [0, 0.1) is 17.3 Å². The standard InChI is InChI=1S/C21H29N3O2/c1-20-7-6-15(12-16(20)13-24-8-10-26-11-9-24)21(14-20)22-18-5-3-2-4-17(18)19(25)23-21/h2-5,15-16,22H,6-14H2,1H3,(H,23,25)/t15-,16-,20-,21+/m0/s1. The van der Waals surface area contributed by atoms with Crippen molar-refractivity contribution in [3.8, 4) is 0 Å². The van der Waals surface area contributed by atoms with Gasteiger partial charge >= 0.3 is 0 Å². The largest absolute Gasteiger partial charge is 0.379 e. The van der Waals surface area contributed by atoms with E-state index in [4.69, 9.17) is 4.74 Å². The van der Waals surface area contributed by atoms with Gasteiger partial charge in [-0.05, 0) is 49.1 Å². The molecule has 2 aliphatic heterocycles. The van der Waals surface area contributed by atoms with Crippen LogP contribution in [-0.2, 0) is 4.74 Å². The Hall–Kier alpha value is -1.59. The molecule has 4 fully saturated rings. The normalized spacial score (nSPS) is 39.3. The number of anilines is 1. The van der Waals surface area contributed by atoms with E-state index in [1.54, 1.807) is 0 Å². The number of rotatable bonds is 2. The molecule has 1 saturated heterocycles. The Labute approximate surface area is 155 Å². The summed E-state index contributed by atoms with van der Waals surface area (Å²) in [6.45, 7) is 7.48. The van der Waals surface area contributed by atoms with E-state index in [1.165, 1.54) is 25.8 Å². The lowest BCUT2D eigenvalue weighted by Gasteiger charge is -2.62. The number of carbonyl (C=O) groups is 1. The number of morpholine rings is 1. The molecule has 1 aromatic carbocycles. The van der Waals surface area contributed by atoms with Gasteiger partial charge in [0.25, 0.3) is 5.91 Å². The molecule has 2 N–H and O–H groups in total. The molecule has 0 radical (unpaired) electrons. The maximum Gasteiger partial charge on any atom is 0.255 e. The van der Waals surface area contributed by atoms with E-state index >= 15 is 0 Å². The van der Waals surface area contributed by atoms with Gasteiger partial charge in [-0.15, -0.1) is 0 Å². The second kappa shape index (κ2) is 5.96. The molecule has 0 aromatic heterocycles. The quantitative estimate of drug-likeness (QED) is 0.856. The molecular weight excluding hydrogens is 326 g/mol. The van der Waals surface area contributed by atoms with Crippen molar-refractivity contribution in [1.82, 2.24) is 10.2 Å². The van der Waals surface area contributed by atoms with Crippen LogP contribution in [0.2, 0.25) is 0 Å². The zero-order chi connectivity index (χ0) is 17.8. The molecule has 5 heteroatoms. The van der Waals surface area contributed by atoms with E-state index in [9.17, 15) is 4.79 Å². The van der Waals surface area contributed by atoms with Gasteiger partial charge in [0.05, 0.1) is 18.8 Å². The highest BCUT2D eigenvalue weighted by molar-refractivity contribution is 6.02. The van der Waals surface area contributed by atoms with Gasteiger partial charge in [-0.3, -0.25) is 9.69 Å². The molecule has 140 valence electrons. The van der Waals surface area contributed by atoms with Crippen molar-refractivity contribution >= 4 is 11.6 Å². The van der Waals surface area contributed by atoms with Crippen molar-refractivity contribution in [1.29, 1.82) is 0 Å². The first-order valence-corrected chi connectivity index (χ1v) is 10.1. The summed E-state index contributed by atoms with van der Waals surface area (Å²) in [4.78, 5) is 15.3. The van der Waals surface area contributed by atoms with Crippen molar-refractivity contribution in [2.75, 3.05) is 38.2 Å². The van der Waals surface area contributed by atoms with Gasteiger partial charge in [-0.25, -0.2) is 0 Å². The van der Waals surface area contributed by atoms with Crippen LogP contribution in [0.15, 0.2) is 24.3 Å². The zero-order valence-electron chi connectivity index (χ0n) is 15.6. The molecule has 26 heavy (non-hydrogen) atoms. The minimum absolute atomic E-state index is 0.0835. The first-order valence-electron chi connectivity index (χ1n) is 10.1. The van der Waals surface area contributed by atoms with Crippen molar-refractivity contribution in [3.05, 3.63) is 29.8 Å². The lowest BCUT2D eigenvalue weighted by Crippen LogP contribution is -2.69. The Balaban J connectivity index is 1.39. The van der Waals surface area contributed by atoms with Gasteiger partial charge < -0.3 is 15.4 Å². The average molecular weight is 355 g/mol. The molecule has 3 saturated carbocycles. The molecule has 0 unspecified atom stereocenters. The number of amides is 1. The molecule has 1 amide bonds. The van der Waals surface area contributed by atoms with Gasteiger partial charge in [0.1, 0.15) is 5.66 Å². The highest BCUT2D eigenvalue weighted by atomic mass is 16.5. The molecule has 1 spiro atoms. The van der Waals surface area contributed by atoms with Gasteiger partial charge in [0, 0.05) is 31.2 Å². The number of hydrogen-bond acceptors (Lipinski definition) is 4. The number of nitrogens with zero attached hydrogens (tertiary/aromatic N) is 1. The monoisotopic (exact) mass is 355 g/mol. The topological polar surface area (TPSA) is 53.6 Å². The highest BCUT2D eigenvalue weighted by Crippen LogP contribution is 2.58. The van der Waals surface area contributed by atoms with Crippen LogP contribution in [0.5, 0.6) is 0 Å². The fourth-order valence-corrected chi connectivity index (χ4v) is 5.93. The number of carbonyl (C=O) groups excluding carboxylic acids is 1. The Morgan fingerprint density at radius 1 is 1.23 bits per heavy atom. The lowest BCUT2D eigenvalue weighted by molar-refractivity contribution is -0.0718. The molecule has 5 nitrogen and oxygen atoms in total. The zero-order valence-corrected chi connectivity index (χ0v) is 15.6. The van der Waals surface area contributed by atoms with Crippen molar-refractivity contribution in [2.45, 2.75) is 38.3 Å². The third kappa shape index (κ3) is 2.55. The number of nitrogens with one attached hydrogen (secondary N) is 2. The second-order valence-corrected chi connectivity index (χ2v) is 9.01. The smallest absolute Gasteiger partial charge is 0.255 e. The van der Waals surface area contributed by atoms with Crippen molar-refractivity contribution in [3.63, 3.8) is 0 Å². The van der Waals surface area contributed by atoms with Gasteiger partial charge in [0.15, 0.2) is 0 Å². The Bertz CT molecular complexity index is 717. The van der Waals surface area contributed by atoms with Crippen molar-refractivity contribution < 1.29 is 9.53 Å². The summed E-state index contributed by atoms with van der Waals surface area (Å²) in [5.74, 6) is 1.30. The third-order valence-electron chi connectivity index (χ3n) is 7.45. The number of ether oxygens (including phenoxy) is 1. The number of benzene rings is 1. The number of fused-ring (bicyclic) bond motifs is 3. The molecule has 2 bridgehead atoms. The van der Waals surface area contributed by atoms with Gasteiger partial charge in [0.2, 0.25) is 0 Å². The summed E-state index contributed by atoms with van der Waals surface area (Å²) in [7, 11) is 0. The molecule has 6 rings (SSSR count). The molecule has 3 aliphatic carbocycles.